The molecule has 3 aromatic rings. The Kier molecular flexibility index (Phi) is 8.53. The Morgan fingerprint density at radius 2 is 1.53 bits per heavy atom. The largest absolute Gasteiger partial charge is 0.357 e. The van der Waals surface area contributed by atoms with Crippen LogP contribution in [-0.4, -0.2) is 44.8 Å². The number of rotatable bonds is 9. The van der Waals surface area contributed by atoms with Crippen LogP contribution in [0, 0.1) is 20.8 Å². The highest BCUT2D eigenvalue weighted by Gasteiger charge is 2.33. The van der Waals surface area contributed by atoms with Gasteiger partial charge in [-0.2, -0.15) is 0 Å². The summed E-state index contributed by atoms with van der Waals surface area (Å²) in [5.74, 6) is -0.814. The third kappa shape index (κ3) is 5.94. The third-order valence-electron chi connectivity index (χ3n) is 6.34. The zero-order valence-corrected chi connectivity index (χ0v) is 22.2. The van der Waals surface area contributed by atoms with Crippen LogP contribution in [0.4, 0.5) is 5.69 Å². The number of amides is 2. The van der Waals surface area contributed by atoms with Crippen molar-refractivity contribution in [1.29, 1.82) is 0 Å². The van der Waals surface area contributed by atoms with E-state index in [-0.39, 0.29) is 17.3 Å². The topological polar surface area (TPSA) is 86.8 Å². The molecule has 0 saturated heterocycles. The standard InChI is InChI=1S/C28H33N3O4S/c1-20-14-16-25(17-15-20)36(34,35)31(26-13-9-10-21(2)22(26)3)19-27(32)30(23(4)28(33)29-5)18-24-11-7-6-8-12-24/h6-17,23H,18-19H2,1-5H3,(H,29,33)/t23-/m0/s1. The first-order chi connectivity index (χ1) is 17.1. The molecule has 1 N–H and O–H groups in total. The smallest absolute Gasteiger partial charge is 0.264 e. The number of nitrogens with zero attached hydrogens (tertiary/aromatic N) is 2. The van der Waals surface area contributed by atoms with Crippen LogP contribution in [0.15, 0.2) is 77.7 Å². The molecule has 190 valence electrons. The average molecular weight is 508 g/mol. The van der Waals surface area contributed by atoms with Gasteiger partial charge in [0.15, 0.2) is 0 Å². The van der Waals surface area contributed by atoms with E-state index >= 15 is 0 Å². The molecule has 3 aromatic carbocycles. The molecule has 0 saturated carbocycles. The van der Waals surface area contributed by atoms with Crippen molar-refractivity contribution in [3.8, 4) is 0 Å². The van der Waals surface area contributed by atoms with Gasteiger partial charge >= 0.3 is 0 Å². The number of aryl methyl sites for hydroxylation is 2. The summed E-state index contributed by atoms with van der Waals surface area (Å²) in [7, 11) is -2.57. The fraction of sp³-hybridized carbons (Fsp3) is 0.286. The summed E-state index contributed by atoms with van der Waals surface area (Å²) >= 11 is 0. The van der Waals surface area contributed by atoms with Crippen molar-refractivity contribution in [2.24, 2.45) is 0 Å². The van der Waals surface area contributed by atoms with E-state index in [1.165, 1.54) is 11.9 Å². The Morgan fingerprint density at radius 1 is 0.889 bits per heavy atom. The van der Waals surface area contributed by atoms with Gasteiger partial charge in [-0.3, -0.25) is 13.9 Å². The van der Waals surface area contributed by atoms with Gasteiger partial charge in [-0.25, -0.2) is 8.42 Å². The normalized spacial score (nSPS) is 12.0. The summed E-state index contributed by atoms with van der Waals surface area (Å²) in [6.07, 6.45) is 0. The van der Waals surface area contributed by atoms with E-state index in [4.69, 9.17) is 0 Å². The van der Waals surface area contributed by atoms with Crippen molar-refractivity contribution in [3.63, 3.8) is 0 Å². The summed E-state index contributed by atoms with van der Waals surface area (Å²) in [6, 6.07) is 20.4. The van der Waals surface area contributed by atoms with Crippen molar-refractivity contribution < 1.29 is 18.0 Å². The molecule has 8 heteroatoms. The molecule has 36 heavy (non-hydrogen) atoms. The van der Waals surface area contributed by atoms with Crippen LogP contribution in [0.25, 0.3) is 0 Å². The summed E-state index contributed by atoms with van der Waals surface area (Å²) in [5, 5.41) is 2.58. The maximum atomic E-state index is 13.9. The van der Waals surface area contributed by atoms with Gasteiger partial charge in [-0.15, -0.1) is 0 Å². The quantitative estimate of drug-likeness (QED) is 0.475. The minimum Gasteiger partial charge on any atom is -0.357 e. The van der Waals surface area contributed by atoms with Crippen LogP contribution < -0.4 is 9.62 Å². The van der Waals surface area contributed by atoms with Crippen molar-refractivity contribution in [3.05, 3.63) is 95.1 Å². The number of benzene rings is 3. The number of carbonyl (C=O) groups is 2. The van der Waals surface area contributed by atoms with E-state index in [0.717, 1.165) is 26.6 Å². The van der Waals surface area contributed by atoms with Crippen molar-refractivity contribution >= 4 is 27.5 Å². The highest BCUT2D eigenvalue weighted by atomic mass is 32.2. The number of sulfonamides is 1. The zero-order chi connectivity index (χ0) is 26.5. The van der Waals surface area contributed by atoms with E-state index in [0.29, 0.717) is 5.69 Å². The minimum atomic E-state index is -4.08. The highest BCUT2D eigenvalue weighted by molar-refractivity contribution is 7.92. The molecule has 0 fully saturated rings. The lowest BCUT2D eigenvalue weighted by Crippen LogP contribution is -2.50. The molecule has 0 unspecified atom stereocenters. The van der Waals surface area contributed by atoms with Crippen molar-refractivity contribution in [1.82, 2.24) is 10.2 Å². The number of anilines is 1. The number of carbonyl (C=O) groups excluding carboxylic acids is 2. The maximum absolute atomic E-state index is 13.9. The molecule has 0 heterocycles. The Labute approximate surface area is 213 Å². The monoisotopic (exact) mass is 507 g/mol. The summed E-state index contributed by atoms with van der Waals surface area (Å²) in [4.78, 5) is 27.8. The van der Waals surface area contributed by atoms with Gasteiger partial charge in [-0.1, -0.05) is 60.2 Å². The number of likely N-dealkylation sites (N-methyl/N-ethyl adjacent to an activating group) is 1. The van der Waals surface area contributed by atoms with Gasteiger partial charge in [0.05, 0.1) is 10.6 Å². The van der Waals surface area contributed by atoms with Crippen LogP contribution in [-0.2, 0) is 26.2 Å². The van der Waals surface area contributed by atoms with Gasteiger partial charge in [0.2, 0.25) is 11.8 Å². The molecule has 0 spiro atoms. The first-order valence-corrected chi connectivity index (χ1v) is 13.2. The number of hydrogen-bond donors (Lipinski definition) is 1. The predicted octanol–water partition coefficient (Wildman–Crippen LogP) is 3.97. The predicted molar refractivity (Wildman–Crippen MR) is 142 cm³/mol. The molecule has 2 amide bonds. The summed E-state index contributed by atoms with van der Waals surface area (Å²) < 4.78 is 28.9. The summed E-state index contributed by atoms with van der Waals surface area (Å²) in [5.41, 5.74) is 3.85. The van der Waals surface area contributed by atoms with Crippen LogP contribution in [0.2, 0.25) is 0 Å². The molecular formula is C28H33N3O4S. The number of hydrogen-bond acceptors (Lipinski definition) is 4. The lowest BCUT2D eigenvalue weighted by molar-refractivity contribution is -0.139. The molecule has 0 aliphatic carbocycles. The SMILES string of the molecule is CNC(=O)[C@H](C)N(Cc1ccccc1)C(=O)CN(c1cccc(C)c1C)S(=O)(=O)c1ccc(C)cc1. The molecule has 0 aliphatic heterocycles. The van der Waals surface area contributed by atoms with Gasteiger partial charge < -0.3 is 10.2 Å². The van der Waals surface area contributed by atoms with Gasteiger partial charge in [0.25, 0.3) is 10.0 Å². The minimum absolute atomic E-state index is 0.0933. The fourth-order valence-electron chi connectivity index (χ4n) is 3.93. The zero-order valence-electron chi connectivity index (χ0n) is 21.4. The van der Waals surface area contributed by atoms with Crippen LogP contribution in [0.1, 0.15) is 29.2 Å². The van der Waals surface area contributed by atoms with Crippen molar-refractivity contribution in [2.45, 2.75) is 45.2 Å². The van der Waals surface area contributed by atoms with Crippen LogP contribution >= 0.6 is 0 Å². The lowest BCUT2D eigenvalue weighted by atomic mass is 10.1. The fourth-order valence-corrected chi connectivity index (χ4v) is 5.40. The molecule has 3 rings (SSSR count). The second kappa shape index (κ2) is 11.4. The van der Waals surface area contributed by atoms with Crippen molar-refractivity contribution in [2.75, 3.05) is 17.9 Å². The molecule has 1 atom stereocenters. The Bertz CT molecular complexity index is 1320. The van der Waals surface area contributed by atoms with E-state index in [9.17, 15) is 18.0 Å². The Balaban J connectivity index is 2.07. The molecule has 7 nitrogen and oxygen atoms in total. The van der Waals surface area contributed by atoms with Gasteiger partial charge in [0.1, 0.15) is 12.6 Å². The van der Waals surface area contributed by atoms with E-state index < -0.39 is 28.5 Å². The van der Waals surface area contributed by atoms with Gasteiger partial charge in [-0.05, 0) is 62.6 Å². The molecule has 0 aliphatic rings. The first-order valence-electron chi connectivity index (χ1n) is 11.8. The van der Waals surface area contributed by atoms with E-state index in [1.54, 1.807) is 43.3 Å². The van der Waals surface area contributed by atoms with Crippen LogP contribution in [0.3, 0.4) is 0 Å². The van der Waals surface area contributed by atoms with E-state index in [2.05, 4.69) is 5.32 Å². The average Bonchev–Trinajstić information content (AvgIpc) is 2.87. The second-order valence-corrected chi connectivity index (χ2v) is 10.7. The van der Waals surface area contributed by atoms with Gasteiger partial charge in [0, 0.05) is 13.6 Å². The third-order valence-corrected chi connectivity index (χ3v) is 8.12. The highest BCUT2D eigenvalue weighted by Crippen LogP contribution is 2.29. The molecular weight excluding hydrogens is 474 g/mol. The Morgan fingerprint density at radius 3 is 2.14 bits per heavy atom. The Hall–Kier alpha value is -3.65. The lowest BCUT2D eigenvalue weighted by Gasteiger charge is -2.32. The summed E-state index contributed by atoms with van der Waals surface area (Å²) in [6.45, 7) is 6.96. The van der Waals surface area contributed by atoms with E-state index in [1.807, 2.05) is 57.2 Å². The maximum Gasteiger partial charge on any atom is 0.264 e. The first kappa shape index (κ1) is 26.9. The molecule has 0 radical (unpaired) electrons. The molecule has 0 aromatic heterocycles. The molecule has 0 bridgehead atoms. The second-order valence-electron chi connectivity index (χ2n) is 8.84. The number of nitrogens with one attached hydrogen (secondary N) is 1. The van der Waals surface area contributed by atoms with Crippen LogP contribution in [0.5, 0.6) is 0 Å².